The zero-order valence-electron chi connectivity index (χ0n) is 16.4. The van der Waals surface area contributed by atoms with Gasteiger partial charge in [0.2, 0.25) is 5.91 Å². The molecule has 3 N–H and O–H groups in total. The number of piperazine rings is 1. The van der Waals surface area contributed by atoms with Crippen molar-refractivity contribution in [3.05, 3.63) is 35.6 Å². The molecule has 10 heteroatoms. The number of nitrogens with zero attached hydrogens (tertiary/aromatic N) is 2. The predicted molar refractivity (Wildman–Crippen MR) is 108 cm³/mol. The molecule has 4 amide bonds. The number of benzene rings is 1. The lowest BCUT2D eigenvalue weighted by molar-refractivity contribution is -0.134. The van der Waals surface area contributed by atoms with Crippen LogP contribution in [0, 0.1) is 5.82 Å². The number of hydrogen-bond acceptors (Lipinski definition) is 5. The molecule has 0 aromatic heterocycles. The van der Waals surface area contributed by atoms with Crippen LogP contribution in [0.4, 0.5) is 9.18 Å². The van der Waals surface area contributed by atoms with Crippen LogP contribution in [-0.2, 0) is 15.1 Å². The van der Waals surface area contributed by atoms with Crippen molar-refractivity contribution >= 4 is 30.3 Å². The zero-order valence-corrected chi connectivity index (χ0v) is 17.2. The molecular formula is C19H27ClFN5O3. The fourth-order valence-corrected chi connectivity index (χ4v) is 3.48. The van der Waals surface area contributed by atoms with E-state index in [0.717, 1.165) is 44.0 Å². The van der Waals surface area contributed by atoms with Crippen LogP contribution >= 0.6 is 12.4 Å². The number of imide groups is 1. The molecule has 0 aliphatic carbocycles. The van der Waals surface area contributed by atoms with Crippen molar-refractivity contribution in [1.29, 1.82) is 0 Å². The summed E-state index contributed by atoms with van der Waals surface area (Å²) in [6, 6.07) is 4.73. The lowest BCUT2D eigenvalue weighted by Gasteiger charge is -2.27. The molecule has 1 unspecified atom stereocenters. The standard InChI is InChI=1S/C19H26FN5O3.ClH/c1-19(14-3-5-15(20)6-4-14)17(27)25(18(28)23-19)13-16(26)22-7-2-10-24-11-8-21-9-12-24;/h3-6,21H,2,7-13H2,1H3,(H,22,26)(H,23,28);1H. The number of hydrogen-bond donors (Lipinski definition) is 3. The lowest BCUT2D eigenvalue weighted by atomic mass is 9.92. The van der Waals surface area contributed by atoms with Gasteiger partial charge in [0.25, 0.3) is 5.91 Å². The molecule has 0 spiro atoms. The van der Waals surface area contributed by atoms with Crippen molar-refractivity contribution in [3.63, 3.8) is 0 Å². The second-order valence-corrected chi connectivity index (χ2v) is 7.25. The van der Waals surface area contributed by atoms with E-state index in [-0.39, 0.29) is 24.9 Å². The number of rotatable bonds is 7. The van der Waals surface area contributed by atoms with E-state index in [2.05, 4.69) is 20.9 Å². The number of carbonyl (C=O) groups excluding carboxylic acids is 3. The van der Waals surface area contributed by atoms with Crippen LogP contribution in [-0.4, -0.2) is 73.5 Å². The third kappa shape index (κ3) is 5.43. The average Bonchev–Trinajstić information content (AvgIpc) is 2.90. The predicted octanol–water partition coefficient (Wildman–Crippen LogP) is 0.426. The minimum atomic E-state index is -1.31. The number of carbonyl (C=O) groups is 3. The van der Waals surface area contributed by atoms with Gasteiger partial charge in [0, 0.05) is 32.7 Å². The summed E-state index contributed by atoms with van der Waals surface area (Å²) in [6.45, 7) is 6.55. The van der Waals surface area contributed by atoms with Gasteiger partial charge in [-0.05, 0) is 37.6 Å². The van der Waals surface area contributed by atoms with Crippen LogP contribution in [0.25, 0.3) is 0 Å². The Morgan fingerprint density at radius 3 is 2.52 bits per heavy atom. The van der Waals surface area contributed by atoms with E-state index < -0.39 is 23.3 Å². The summed E-state index contributed by atoms with van der Waals surface area (Å²) in [4.78, 5) is 40.4. The summed E-state index contributed by atoms with van der Waals surface area (Å²) >= 11 is 0. The highest BCUT2D eigenvalue weighted by atomic mass is 35.5. The van der Waals surface area contributed by atoms with Crippen LogP contribution in [0.2, 0.25) is 0 Å². The summed E-state index contributed by atoms with van der Waals surface area (Å²) in [5.41, 5.74) is -0.848. The molecule has 1 aromatic rings. The van der Waals surface area contributed by atoms with Gasteiger partial charge in [-0.1, -0.05) is 12.1 Å². The van der Waals surface area contributed by atoms with Gasteiger partial charge in [0.05, 0.1) is 0 Å². The number of nitrogens with one attached hydrogen (secondary N) is 3. The van der Waals surface area contributed by atoms with Crippen LogP contribution in [0.1, 0.15) is 18.9 Å². The molecule has 29 heavy (non-hydrogen) atoms. The van der Waals surface area contributed by atoms with Gasteiger partial charge < -0.3 is 20.9 Å². The second kappa shape index (κ2) is 10.00. The first-order valence-electron chi connectivity index (χ1n) is 9.50. The maximum absolute atomic E-state index is 13.1. The molecule has 0 radical (unpaired) electrons. The molecule has 1 atom stereocenters. The first kappa shape index (κ1) is 23.1. The molecule has 3 rings (SSSR count). The van der Waals surface area contributed by atoms with E-state index in [0.29, 0.717) is 12.1 Å². The quantitative estimate of drug-likeness (QED) is 0.433. The van der Waals surface area contributed by atoms with Crippen LogP contribution in [0.5, 0.6) is 0 Å². The Hall–Kier alpha value is -2.23. The summed E-state index contributed by atoms with van der Waals surface area (Å²) in [7, 11) is 0. The molecule has 2 heterocycles. The summed E-state index contributed by atoms with van der Waals surface area (Å²) in [5.74, 6) is -1.34. The van der Waals surface area contributed by atoms with Crippen LogP contribution < -0.4 is 16.0 Å². The smallest absolute Gasteiger partial charge is 0.325 e. The highest BCUT2D eigenvalue weighted by Crippen LogP contribution is 2.28. The van der Waals surface area contributed by atoms with Crippen LogP contribution in [0.3, 0.4) is 0 Å². The molecule has 2 saturated heterocycles. The Labute approximate surface area is 175 Å². The van der Waals surface area contributed by atoms with Gasteiger partial charge in [-0.25, -0.2) is 9.18 Å². The first-order chi connectivity index (χ1) is 13.4. The van der Waals surface area contributed by atoms with Crippen LogP contribution in [0.15, 0.2) is 24.3 Å². The van der Waals surface area contributed by atoms with Crippen molar-refractivity contribution in [2.75, 3.05) is 45.8 Å². The Morgan fingerprint density at radius 2 is 1.86 bits per heavy atom. The van der Waals surface area contributed by atoms with Gasteiger partial charge in [0.1, 0.15) is 17.9 Å². The van der Waals surface area contributed by atoms with E-state index in [1.54, 1.807) is 6.92 Å². The highest BCUT2D eigenvalue weighted by molar-refractivity contribution is 6.09. The van der Waals surface area contributed by atoms with Crippen molar-refractivity contribution < 1.29 is 18.8 Å². The van der Waals surface area contributed by atoms with Crippen molar-refractivity contribution in [3.8, 4) is 0 Å². The van der Waals surface area contributed by atoms with Gasteiger partial charge >= 0.3 is 6.03 Å². The van der Waals surface area contributed by atoms with E-state index in [9.17, 15) is 18.8 Å². The average molecular weight is 428 g/mol. The maximum atomic E-state index is 13.1. The van der Waals surface area contributed by atoms with Crippen molar-refractivity contribution in [1.82, 2.24) is 25.8 Å². The van der Waals surface area contributed by atoms with Gasteiger partial charge in [0.15, 0.2) is 0 Å². The fourth-order valence-electron chi connectivity index (χ4n) is 3.48. The topological polar surface area (TPSA) is 93.8 Å². The van der Waals surface area contributed by atoms with Crippen molar-refractivity contribution in [2.24, 2.45) is 0 Å². The lowest BCUT2D eigenvalue weighted by Crippen LogP contribution is -2.45. The summed E-state index contributed by atoms with van der Waals surface area (Å²) in [6.07, 6.45) is 0.805. The minimum Gasteiger partial charge on any atom is -0.354 e. The number of halogens is 2. The molecule has 2 fully saturated rings. The third-order valence-electron chi connectivity index (χ3n) is 5.18. The Morgan fingerprint density at radius 1 is 1.21 bits per heavy atom. The van der Waals surface area contributed by atoms with E-state index in [4.69, 9.17) is 0 Å². The maximum Gasteiger partial charge on any atom is 0.325 e. The zero-order chi connectivity index (χ0) is 20.1. The Kier molecular flexibility index (Phi) is 7.95. The van der Waals surface area contributed by atoms with Gasteiger partial charge in [-0.15, -0.1) is 12.4 Å². The highest BCUT2D eigenvalue weighted by Gasteiger charge is 2.49. The summed E-state index contributed by atoms with van der Waals surface area (Å²) in [5, 5.41) is 8.65. The molecule has 1 aromatic carbocycles. The third-order valence-corrected chi connectivity index (χ3v) is 5.18. The Bertz CT molecular complexity index is 742. The Balaban J connectivity index is 0.00000300. The second-order valence-electron chi connectivity index (χ2n) is 7.25. The molecule has 160 valence electrons. The van der Waals surface area contributed by atoms with E-state index in [1.165, 1.54) is 24.3 Å². The van der Waals surface area contributed by atoms with E-state index in [1.807, 2.05) is 0 Å². The van der Waals surface area contributed by atoms with E-state index >= 15 is 0 Å². The molecule has 2 aliphatic heterocycles. The minimum absolute atomic E-state index is 0. The molecule has 0 saturated carbocycles. The fraction of sp³-hybridized carbons (Fsp3) is 0.526. The molecule has 2 aliphatic rings. The largest absolute Gasteiger partial charge is 0.354 e. The first-order valence-corrected chi connectivity index (χ1v) is 9.50. The molecule has 0 bridgehead atoms. The normalized spacial score (nSPS) is 22.2. The SMILES string of the molecule is CC1(c2ccc(F)cc2)NC(=O)N(CC(=O)NCCCN2CCNCC2)C1=O.Cl. The monoisotopic (exact) mass is 427 g/mol. The summed E-state index contributed by atoms with van der Waals surface area (Å²) < 4.78 is 13.1. The van der Waals surface area contributed by atoms with Gasteiger partial charge in [-0.3, -0.25) is 14.5 Å². The number of urea groups is 1. The van der Waals surface area contributed by atoms with Crippen molar-refractivity contribution in [2.45, 2.75) is 18.9 Å². The molecular weight excluding hydrogens is 401 g/mol. The van der Waals surface area contributed by atoms with Gasteiger partial charge in [-0.2, -0.15) is 0 Å². The molecule has 8 nitrogen and oxygen atoms in total. The number of amides is 4.